The summed E-state index contributed by atoms with van der Waals surface area (Å²) < 4.78 is 0. The second-order valence-electron chi connectivity index (χ2n) is 19.9. The Morgan fingerprint density at radius 2 is 1.09 bits per heavy atom. The predicted molar refractivity (Wildman–Crippen MR) is 280 cm³/mol. The number of carboxylic acids is 3. The third-order valence-electron chi connectivity index (χ3n) is 12.5. The summed E-state index contributed by atoms with van der Waals surface area (Å²) in [6.07, 6.45) is 0.237. The fourth-order valence-corrected chi connectivity index (χ4v) is 8.36. The van der Waals surface area contributed by atoms with Gasteiger partial charge in [0.2, 0.25) is 59.1 Å². The lowest BCUT2D eigenvalue weighted by molar-refractivity contribution is -0.140. The fraction of sp³-hybridized carbons (Fsp3) is 0.580. The molecule has 30 heteroatoms. The number of hydrogen-bond acceptors (Lipinski definition) is 16. The van der Waals surface area contributed by atoms with Gasteiger partial charge in [0.1, 0.15) is 48.8 Å². The Balaban J connectivity index is 1.69. The van der Waals surface area contributed by atoms with Gasteiger partial charge in [0.25, 0.3) is 0 Å². The second kappa shape index (κ2) is 32.6. The number of nitrogens with zero attached hydrogens (tertiary/aromatic N) is 1. The molecule has 442 valence electrons. The number of likely N-dealkylation sites (tertiary alicyclic amines) is 1. The summed E-state index contributed by atoms with van der Waals surface area (Å²) in [6, 6.07) is -4.21. The van der Waals surface area contributed by atoms with Crippen LogP contribution in [0.2, 0.25) is 0 Å². The van der Waals surface area contributed by atoms with Crippen molar-refractivity contribution in [1.29, 1.82) is 0 Å². The van der Waals surface area contributed by atoms with Crippen LogP contribution >= 0.6 is 0 Å². The highest BCUT2D eigenvalue weighted by molar-refractivity contribution is 5.98. The number of aromatic amines is 1. The first-order valence-corrected chi connectivity index (χ1v) is 25.9. The van der Waals surface area contributed by atoms with E-state index in [-0.39, 0.29) is 50.5 Å². The predicted octanol–water partition coefficient (Wildman–Crippen LogP) is -4.82. The topological polar surface area (TPSA) is 476 Å². The second-order valence-corrected chi connectivity index (χ2v) is 19.9. The number of rotatable bonds is 34. The van der Waals surface area contributed by atoms with E-state index in [4.69, 9.17) is 15.9 Å². The maximum absolute atomic E-state index is 14.2. The summed E-state index contributed by atoms with van der Waals surface area (Å²) in [7, 11) is 0. The molecule has 0 spiro atoms. The molecule has 1 saturated heterocycles. The van der Waals surface area contributed by atoms with Crippen LogP contribution < -0.4 is 53.6 Å². The Bertz CT molecular complexity index is 2560. The Morgan fingerprint density at radius 3 is 1.66 bits per heavy atom. The van der Waals surface area contributed by atoms with Crippen molar-refractivity contribution in [3.05, 3.63) is 36.0 Å². The van der Waals surface area contributed by atoms with Crippen molar-refractivity contribution >= 4 is 87.9 Å². The highest BCUT2D eigenvalue weighted by atomic mass is 16.4. The monoisotopic (exact) mass is 1130 g/mol. The molecule has 0 bridgehead atoms. The number of aliphatic hydroxyl groups is 2. The summed E-state index contributed by atoms with van der Waals surface area (Å²) >= 11 is 0. The van der Waals surface area contributed by atoms with Crippen molar-refractivity contribution in [1.82, 2.24) is 57.7 Å². The number of aliphatic hydroxyl groups excluding tert-OH is 2. The quantitative estimate of drug-likeness (QED) is 0.0313. The summed E-state index contributed by atoms with van der Waals surface area (Å²) in [4.78, 5) is 171. The average molecular weight is 1130 g/mol. The Kier molecular flexibility index (Phi) is 26.9. The Labute approximate surface area is 459 Å². The molecule has 1 fully saturated rings. The molecule has 8 atom stereocenters. The number of para-hydroxylation sites is 1. The van der Waals surface area contributed by atoms with Gasteiger partial charge in [-0.1, -0.05) is 45.9 Å². The number of nitrogens with one attached hydrogen (secondary N) is 10. The number of nitrogens with two attached hydrogens (primary N) is 1. The van der Waals surface area contributed by atoms with E-state index in [1.807, 2.05) is 5.32 Å². The van der Waals surface area contributed by atoms with Crippen LogP contribution in [0.3, 0.4) is 0 Å². The van der Waals surface area contributed by atoms with Crippen LogP contribution in [0, 0.1) is 11.8 Å². The van der Waals surface area contributed by atoms with Gasteiger partial charge in [0.05, 0.1) is 32.3 Å². The molecule has 10 amide bonds. The molecule has 17 N–H and O–H groups in total. The minimum Gasteiger partial charge on any atom is -0.481 e. The van der Waals surface area contributed by atoms with Gasteiger partial charge in [0.15, 0.2) is 0 Å². The van der Waals surface area contributed by atoms with E-state index in [9.17, 15) is 77.6 Å². The van der Waals surface area contributed by atoms with Crippen molar-refractivity contribution in [2.24, 2.45) is 17.6 Å². The molecule has 0 unspecified atom stereocenters. The molecule has 2 aromatic rings. The first kappa shape index (κ1) is 66.0. The van der Waals surface area contributed by atoms with Crippen LogP contribution in [0.1, 0.15) is 84.6 Å². The number of benzene rings is 1. The number of carbonyl (C=O) groups is 13. The number of H-pyrrole nitrogens is 1. The zero-order chi connectivity index (χ0) is 59.8. The molecule has 1 aliphatic heterocycles. The Hall–Kier alpha value is -8.25. The lowest BCUT2D eigenvalue weighted by Crippen LogP contribution is -2.59. The van der Waals surface area contributed by atoms with Crippen molar-refractivity contribution in [3.8, 4) is 0 Å². The molecule has 1 aliphatic rings. The molecule has 3 rings (SSSR count). The van der Waals surface area contributed by atoms with Crippen molar-refractivity contribution in [3.63, 3.8) is 0 Å². The zero-order valence-corrected chi connectivity index (χ0v) is 44.8. The number of aromatic nitrogens is 1. The number of hydrogen-bond donors (Lipinski definition) is 16. The molecular weight excluding hydrogens is 1060 g/mol. The highest BCUT2D eigenvalue weighted by Gasteiger charge is 2.37. The summed E-state index contributed by atoms with van der Waals surface area (Å²) in [5.41, 5.74) is 7.35. The van der Waals surface area contributed by atoms with Gasteiger partial charge < -0.3 is 89.0 Å². The number of carbonyl (C=O) groups excluding carboxylic acids is 10. The van der Waals surface area contributed by atoms with Gasteiger partial charge in [-0.15, -0.1) is 0 Å². The molecule has 1 aromatic carbocycles. The minimum absolute atomic E-state index is 0.0172. The smallest absolute Gasteiger partial charge is 0.322 e. The first-order valence-electron chi connectivity index (χ1n) is 25.9. The lowest BCUT2D eigenvalue weighted by atomic mass is 9.98. The van der Waals surface area contributed by atoms with E-state index in [1.54, 1.807) is 58.2 Å². The molecule has 0 radical (unpaired) electrons. The van der Waals surface area contributed by atoms with Gasteiger partial charge in [-0.3, -0.25) is 62.3 Å². The van der Waals surface area contributed by atoms with Crippen molar-refractivity contribution < 1.29 is 87.9 Å². The Morgan fingerprint density at radius 1 is 0.588 bits per heavy atom. The molecule has 80 heavy (non-hydrogen) atoms. The largest absolute Gasteiger partial charge is 0.481 e. The van der Waals surface area contributed by atoms with Crippen LogP contribution in [0.5, 0.6) is 0 Å². The molecule has 0 aliphatic carbocycles. The summed E-state index contributed by atoms with van der Waals surface area (Å²) in [6.45, 7) is 2.80. The van der Waals surface area contributed by atoms with Crippen molar-refractivity contribution in [2.75, 3.05) is 39.4 Å². The van der Waals surface area contributed by atoms with Gasteiger partial charge in [-0.25, -0.2) is 0 Å². The molecule has 0 saturated carbocycles. The van der Waals surface area contributed by atoms with Gasteiger partial charge in [-0.05, 0) is 62.0 Å². The molecular formula is C50H74N12O18. The van der Waals surface area contributed by atoms with Crippen LogP contribution in [-0.4, -0.2) is 200 Å². The van der Waals surface area contributed by atoms with E-state index >= 15 is 0 Å². The summed E-state index contributed by atoms with van der Waals surface area (Å²) in [5.74, 6) is -13.6. The third kappa shape index (κ3) is 21.9. The minimum atomic E-state index is -1.67. The number of carboxylic acid groups (broad SMARTS) is 3. The van der Waals surface area contributed by atoms with Crippen LogP contribution in [-0.2, 0) is 68.7 Å². The fourth-order valence-electron chi connectivity index (χ4n) is 8.36. The van der Waals surface area contributed by atoms with E-state index < -0.39 is 177 Å². The average Bonchev–Trinajstić information content (AvgIpc) is 4.07. The molecule has 1 aromatic heterocycles. The standard InChI is InChI=1S/C50H74N12O18/c1-25(2)16-32(58-47(77)33(17-26(3)4)59-48(78)34(57-43(73)29(51)11-13-40(67)68)18-27-19-52-30-9-6-5-8-28(27)30)46(76)56-31(12-14-41(69)70)44(74)54-20-38(65)53-21-39(66)62-15-7-10-37(62)50(80)61-36(24-64)49(79)60-35(23-63)45(75)55-22-42(71)72/h5-6,8-9,19,25-26,29,31-37,52,63-64H,7,10-18,20-24,51H2,1-4H3,(H,53,65)(H,54,74)(H,55,75)(H,56,76)(H,57,73)(H,58,77)(H,59,78)(H,60,79)(H,61,80)(H,67,68)(H,69,70)(H,71,72)/t29-,31-,32-,33-,34-,35-,36-,37-/m0/s1. The van der Waals surface area contributed by atoms with Gasteiger partial charge in [-0.2, -0.15) is 0 Å². The number of fused-ring (bicyclic) bond motifs is 1. The van der Waals surface area contributed by atoms with E-state index in [2.05, 4.69) is 47.5 Å². The van der Waals surface area contributed by atoms with E-state index in [1.165, 1.54) is 0 Å². The molecule has 2 heterocycles. The lowest BCUT2D eigenvalue weighted by Gasteiger charge is -2.28. The SMILES string of the molecule is CC(C)C[C@H](NC(=O)[C@H](CC(C)C)NC(=O)[C@H](Cc1c[nH]c2ccccc12)NC(=O)[C@@H](N)CCC(=O)O)C(=O)N[C@@H](CCC(=O)O)C(=O)NCC(=O)NCC(=O)N1CCC[C@H]1C(=O)N[C@@H](CO)C(=O)N[C@@H](CO)C(=O)NCC(=O)O. The van der Waals surface area contributed by atoms with E-state index in [0.717, 1.165) is 15.8 Å². The van der Waals surface area contributed by atoms with Gasteiger partial charge >= 0.3 is 17.9 Å². The maximum atomic E-state index is 14.2. The summed E-state index contributed by atoms with van der Waals surface area (Å²) in [5, 5.41) is 68.7. The number of aliphatic carboxylic acids is 3. The van der Waals surface area contributed by atoms with Crippen LogP contribution in [0.15, 0.2) is 30.5 Å². The van der Waals surface area contributed by atoms with E-state index in [0.29, 0.717) is 12.0 Å². The maximum Gasteiger partial charge on any atom is 0.322 e. The third-order valence-corrected chi connectivity index (χ3v) is 12.5. The van der Waals surface area contributed by atoms with Crippen molar-refractivity contribution in [2.45, 2.75) is 134 Å². The zero-order valence-electron chi connectivity index (χ0n) is 44.8. The van der Waals surface area contributed by atoms with Crippen LogP contribution in [0.25, 0.3) is 10.9 Å². The highest BCUT2D eigenvalue weighted by Crippen LogP contribution is 2.21. The number of amides is 10. The van der Waals surface area contributed by atoms with Gasteiger partial charge in [0, 0.05) is 42.9 Å². The normalized spacial score (nSPS) is 15.7. The first-order chi connectivity index (χ1) is 37.7. The van der Waals surface area contributed by atoms with Crippen LogP contribution in [0.4, 0.5) is 0 Å². The molecule has 30 nitrogen and oxygen atoms in total.